The first-order valence-electron chi connectivity index (χ1n) is 5.61. The van der Waals surface area contributed by atoms with Crippen molar-refractivity contribution >= 4 is 33.2 Å². The minimum Gasteiger partial charge on any atom is -0.371 e. The van der Waals surface area contributed by atoms with Crippen LogP contribution in [0.4, 0.5) is 0 Å². The van der Waals surface area contributed by atoms with E-state index in [1.165, 1.54) is 11.3 Å². The van der Waals surface area contributed by atoms with Gasteiger partial charge in [0.2, 0.25) is 0 Å². The van der Waals surface area contributed by atoms with Crippen molar-refractivity contribution in [3.8, 4) is 0 Å². The number of hydrazine groups is 1. The van der Waals surface area contributed by atoms with E-state index in [0.29, 0.717) is 18.1 Å². The molecule has 2 aromatic rings. The van der Waals surface area contributed by atoms with Gasteiger partial charge in [0.25, 0.3) is 5.91 Å². The van der Waals surface area contributed by atoms with Crippen LogP contribution in [0.15, 0.2) is 40.9 Å². The molecule has 0 bridgehead atoms. The van der Waals surface area contributed by atoms with E-state index in [2.05, 4.69) is 21.4 Å². The molecule has 0 atom stereocenters. The van der Waals surface area contributed by atoms with Gasteiger partial charge in [-0.25, -0.2) is 5.84 Å². The Morgan fingerprint density at radius 3 is 2.89 bits per heavy atom. The van der Waals surface area contributed by atoms with Crippen LogP contribution in [0.3, 0.4) is 0 Å². The molecule has 4 nitrogen and oxygen atoms in total. The first-order valence-corrected chi connectivity index (χ1v) is 7.22. The molecular formula is C13H13BrN2O2S. The minimum atomic E-state index is -0.275. The summed E-state index contributed by atoms with van der Waals surface area (Å²) < 4.78 is 6.65. The molecule has 100 valence electrons. The van der Waals surface area contributed by atoms with E-state index in [4.69, 9.17) is 10.6 Å². The Bertz CT molecular complexity index is 571. The van der Waals surface area contributed by atoms with Crippen LogP contribution < -0.4 is 11.3 Å². The van der Waals surface area contributed by atoms with Crippen LogP contribution in [0, 0.1) is 0 Å². The number of carbonyl (C=O) groups is 1. The van der Waals surface area contributed by atoms with Gasteiger partial charge in [-0.05, 0) is 29.8 Å². The first-order chi connectivity index (χ1) is 9.19. The molecule has 0 spiro atoms. The standard InChI is InChI=1S/C13H13BrN2O2S/c14-10-3-1-2-9(6-10)7-18-8-11-4-5-12(19-11)13(17)16-15/h1-6H,7-8,15H2,(H,16,17). The molecule has 2 rings (SSSR count). The number of nitrogen functional groups attached to an aromatic ring is 1. The lowest BCUT2D eigenvalue weighted by molar-refractivity contribution is 0.0957. The molecule has 1 aromatic carbocycles. The number of hydrogen-bond acceptors (Lipinski definition) is 4. The van der Waals surface area contributed by atoms with Crippen molar-refractivity contribution in [1.29, 1.82) is 0 Å². The van der Waals surface area contributed by atoms with Gasteiger partial charge < -0.3 is 4.74 Å². The maximum Gasteiger partial charge on any atom is 0.275 e. The first kappa shape index (κ1) is 14.2. The number of thiophene rings is 1. The third kappa shape index (κ3) is 4.14. The van der Waals surface area contributed by atoms with Crippen LogP contribution in [-0.4, -0.2) is 5.91 Å². The summed E-state index contributed by atoms with van der Waals surface area (Å²) in [5, 5.41) is 0. The van der Waals surface area contributed by atoms with Crippen LogP contribution in [0.1, 0.15) is 20.1 Å². The minimum absolute atomic E-state index is 0.275. The van der Waals surface area contributed by atoms with E-state index in [1.807, 2.05) is 30.3 Å². The van der Waals surface area contributed by atoms with Crippen LogP contribution in [0.2, 0.25) is 0 Å². The van der Waals surface area contributed by atoms with Crippen molar-refractivity contribution in [3.05, 3.63) is 56.2 Å². The Balaban J connectivity index is 1.86. The van der Waals surface area contributed by atoms with E-state index in [1.54, 1.807) is 6.07 Å². The van der Waals surface area contributed by atoms with Gasteiger partial charge in [0.1, 0.15) is 0 Å². The molecular weight excluding hydrogens is 328 g/mol. The summed E-state index contributed by atoms with van der Waals surface area (Å²) in [6, 6.07) is 11.6. The molecule has 6 heteroatoms. The fourth-order valence-electron chi connectivity index (χ4n) is 1.54. The predicted octanol–water partition coefficient (Wildman–Crippen LogP) is 2.83. The van der Waals surface area contributed by atoms with E-state index in [-0.39, 0.29) is 5.91 Å². The number of amides is 1. The topological polar surface area (TPSA) is 64.3 Å². The van der Waals surface area contributed by atoms with Crippen LogP contribution >= 0.6 is 27.3 Å². The smallest absolute Gasteiger partial charge is 0.275 e. The van der Waals surface area contributed by atoms with E-state index < -0.39 is 0 Å². The van der Waals surface area contributed by atoms with Gasteiger partial charge in [0, 0.05) is 9.35 Å². The highest BCUT2D eigenvalue weighted by Gasteiger charge is 2.07. The lowest BCUT2D eigenvalue weighted by Gasteiger charge is -2.03. The molecule has 0 aliphatic carbocycles. The summed E-state index contributed by atoms with van der Waals surface area (Å²) in [6.45, 7) is 1.02. The monoisotopic (exact) mass is 340 g/mol. The van der Waals surface area contributed by atoms with Crippen LogP contribution in [0.25, 0.3) is 0 Å². The lowest BCUT2D eigenvalue weighted by atomic mass is 10.2. The van der Waals surface area contributed by atoms with Crippen molar-refractivity contribution in [3.63, 3.8) is 0 Å². The second-order valence-corrected chi connectivity index (χ2v) is 5.95. The number of hydrogen-bond donors (Lipinski definition) is 2. The molecule has 0 saturated carbocycles. The Labute approximate surface area is 123 Å². The molecule has 0 radical (unpaired) electrons. The summed E-state index contributed by atoms with van der Waals surface area (Å²) in [5.74, 6) is 4.80. The molecule has 19 heavy (non-hydrogen) atoms. The molecule has 0 fully saturated rings. The highest BCUT2D eigenvalue weighted by molar-refractivity contribution is 9.10. The molecule has 1 amide bonds. The number of rotatable bonds is 5. The SMILES string of the molecule is NNC(=O)c1ccc(COCc2cccc(Br)c2)s1. The summed E-state index contributed by atoms with van der Waals surface area (Å²) in [5.41, 5.74) is 3.21. The van der Waals surface area contributed by atoms with Gasteiger partial charge in [-0.1, -0.05) is 28.1 Å². The zero-order valence-electron chi connectivity index (χ0n) is 10.1. The average Bonchev–Trinajstić information content (AvgIpc) is 2.87. The third-order valence-corrected chi connectivity index (χ3v) is 3.97. The quantitative estimate of drug-likeness (QED) is 0.499. The number of ether oxygens (including phenoxy) is 1. The largest absolute Gasteiger partial charge is 0.371 e. The zero-order chi connectivity index (χ0) is 13.7. The molecule has 1 aromatic heterocycles. The fourth-order valence-corrected chi connectivity index (χ4v) is 2.84. The van der Waals surface area contributed by atoms with Crippen LogP contribution in [0.5, 0.6) is 0 Å². The lowest BCUT2D eigenvalue weighted by Crippen LogP contribution is -2.29. The molecule has 0 aliphatic heterocycles. The maximum absolute atomic E-state index is 11.3. The maximum atomic E-state index is 11.3. The summed E-state index contributed by atoms with van der Waals surface area (Å²) in [6.07, 6.45) is 0. The molecule has 3 N–H and O–H groups in total. The third-order valence-electron chi connectivity index (χ3n) is 2.42. The van der Waals surface area contributed by atoms with Crippen molar-refractivity contribution in [2.45, 2.75) is 13.2 Å². The number of nitrogens with one attached hydrogen (secondary N) is 1. The van der Waals surface area contributed by atoms with Crippen molar-refractivity contribution in [1.82, 2.24) is 5.43 Å². The van der Waals surface area contributed by atoms with E-state index in [9.17, 15) is 4.79 Å². The molecule has 0 saturated heterocycles. The number of carbonyl (C=O) groups excluding carboxylic acids is 1. The van der Waals surface area contributed by atoms with Gasteiger partial charge in [-0.2, -0.15) is 0 Å². The summed E-state index contributed by atoms with van der Waals surface area (Å²) >= 11 is 4.79. The van der Waals surface area contributed by atoms with Gasteiger partial charge >= 0.3 is 0 Å². The van der Waals surface area contributed by atoms with Gasteiger partial charge in [0.15, 0.2) is 0 Å². The predicted molar refractivity (Wildman–Crippen MR) is 78.6 cm³/mol. The van der Waals surface area contributed by atoms with Crippen molar-refractivity contribution in [2.24, 2.45) is 5.84 Å². The van der Waals surface area contributed by atoms with Crippen molar-refractivity contribution in [2.75, 3.05) is 0 Å². The second kappa shape index (κ2) is 6.81. The summed E-state index contributed by atoms with van der Waals surface area (Å²) in [4.78, 5) is 12.9. The Morgan fingerprint density at radius 1 is 1.32 bits per heavy atom. The van der Waals surface area contributed by atoms with Gasteiger partial charge in [-0.3, -0.25) is 10.2 Å². The van der Waals surface area contributed by atoms with Gasteiger partial charge in [-0.15, -0.1) is 11.3 Å². The van der Waals surface area contributed by atoms with Crippen molar-refractivity contribution < 1.29 is 9.53 Å². The second-order valence-electron chi connectivity index (χ2n) is 3.86. The fraction of sp³-hybridized carbons (Fsp3) is 0.154. The van der Waals surface area contributed by atoms with E-state index in [0.717, 1.165) is 14.9 Å². The highest BCUT2D eigenvalue weighted by Crippen LogP contribution is 2.18. The number of halogens is 1. The van der Waals surface area contributed by atoms with Crippen LogP contribution in [-0.2, 0) is 18.0 Å². The number of nitrogens with two attached hydrogens (primary N) is 1. The Hall–Kier alpha value is -1.21. The Kier molecular flexibility index (Phi) is 5.09. The highest BCUT2D eigenvalue weighted by atomic mass is 79.9. The molecule has 0 unspecified atom stereocenters. The van der Waals surface area contributed by atoms with Gasteiger partial charge in [0.05, 0.1) is 18.1 Å². The Morgan fingerprint density at radius 2 is 2.16 bits per heavy atom. The number of benzene rings is 1. The van der Waals surface area contributed by atoms with E-state index >= 15 is 0 Å². The zero-order valence-corrected chi connectivity index (χ0v) is 12.5. The average molecular weight is 341 g/mol. The normalized spacial score (nSPS) is 10.4. The molecule has 1 heterocycles. The molecule has 0 aliphatic rings. The summed E-state index contributed by atoms with van der Waals surface area (Å²) in [7, 11) is 0.